The van der Waals surface area contributed by atoms with Gasteiger partial charge in [0.15, 0.2) is 5.65 Å². The van der Waals surface area contributed by atoms with E-state index in [0.717, 1.165) is 38.4 Å². The first-order chi connectivity index (χ1) is 9.83. The maximum Gasteiger partial charge on any atom is 0.252 e. The van der Waals surface area contributed by atoms with Crippen LogP contribution in [0.15, 0.2) is 18.6 Å². The second kappa shape index (κ2) is 5.98. The van der Waals surface area contributed by atoms with Crippen molar-refractivity contribution in [1.82, 2.24) is 25.2 Å². The molecule has 3 heterocycles. The van der Waals surface area contributed by atoms with Crippen molar-refractivity contribution in [2.45, 2.75) is 0 Å². The minimum Gasteiger partial charge on any atom is -0.379 e. The van der Waals surface area contributed by atoms with E-state index in [1.54, 1.807) is 18.6 Å². The van der Waals surface area contributed by atoms with Gasteiger partial charge < -0.3 is 15.0 Å². The van der Waals surface area contributed by atoms with E-state index in [4.69, 9.17) is 4.74 Å². The first-order valence-corrected chi connectivity index (χ1v) is 6.70. The Morgan fingerprint density at radius 3 is 3.10 bits per heavy atom. The van der Waals surface area contributed by atoms with E-state index in [2.05, 4.69) is 25.2 Å². The van der Waals surface area contributed by atoms with Gasteiger partial charge in [-0.15, -0.1) is 0 Å². The number of fused-ring (bicyclic) bond motifs is 1. The molecule has 0 bridgehead atoms. The first-order valence-electron chi connectivity index (χ1n) is 6.70. The molecule has 0 aromatic carbocycles. The number of rotatable bonds is 4. The fourth-order valence-electron chi connectivity index (χ4n) is 2.21. The molecular formula is C13H17N5O2. The molecule has 0 atom stereocenters. The molecule has 2 aromatic rings. The molecule has 7 heteroatoms. The number of aromatic amines is 1. The number of aromatic nitrogens is 3. The molecule has 3 rings (SSSR count). The fraction of sp³-hybridized carbons (Fsp3) is 0.462. The minimum atomic E-state index is -0.109. The zero-order chi connectivity index (χ0) is 13.8. The number of pyridine rings is 1. The number of carbonyl (C=O) groups excluding carboxylic acids is 1. The highest BCUT2D eigenvalue weighted by Crippen LogP contribution is 2.08. The van der Waals surface area contributed by atoms with Crippen molar-refractivity contribution in [3.63, 3.8) is 0 Å². The number of nitrogens with one attached hydrogen (secondary N) is 2. The molecule has 1 aliphatic rings. The highest BCUT2D eigenvalue weighted by molar-refractivity contribution is 5.96. The lowest BCUT2D eigenvalue weighted by atomic mass is 10.2. The molecule has 20 heavy (non-hydrogen) atoms. The number of amides is 1. The van der Waals surface area contributed by atoms with Gasteiger partial charge in [-0.3, -0.25) is 9.69 Å². The molecule has 1 aliphatic heterocycles. The number of carbonyl (C=O) groups is 1. The molecule has 0 spiro atoms. The Morgan fingerprint density at radius 1 is 1.40 bits per heavy atom. The monoisotopic (exact) mass is 275 g/mol. The molecule has 1 fully saturated rings. The van der Waals surface area contributed by atoms with Crippen molar-refractivity contribution in [2.75, 3.05) is 39.4 Å². The van der Waals surface area contributed by atoms with Crippen LogP contribution >= 0.6 is 0 Å². The normalized spacial score (nSPS) is 16.4. The lowest BCUT2D eigenvalue weighted by molar-refractivity contribution is 0.0383. The van der Waals surface area contributed by atoms with Crippen molar-refractivity contribution >= 4 is 17.1 Å². The van der Waals surface area contributed by atoms with Crippen LogP contribution in [0.1, 0.15) is 10.4 Å². The second-order valence-electron chi connectivity index (χ2n) is 4.71. The summed E-state index contributed by atoms with van der Waals surface area (Å²) >= 11 is 0. The Balaban J connectivity index is 1.53. The van der Waals surface area contributed by atoms with Crippen LogP contribution in [0, 0.1) is 0 Å². The SMILES string of the molecule is O=C(NCCN1CCOCC1)c1cnc2nc[nH]c2c1. The van der Waals surface area contributed by atoms with Gasteiger partial charge in [0.2, 0.25) is 0 Å². The molecule has 0 aliphatic carbocycles. The summed E-state index contributed by atoms with van der Waals surface area (Å²) in [6.07, 6.45) is 3.12. The van der Waals surface area contributed by atoms with Crippen molar-refractivity contribution in [2.24, 2.45) is 0 Å². The summed E-state index contributed by atoms with van der Waals surface area (Å²) in [6, 6.07) is 1.76. The Hall–Kier alpha value is -1.99. The lowest BCUT2D eigenvalue weighted by Crippen LogP contribution is -2.41. The van der Waals surface area contributed by atoms with E-state index in [9.17, 15) is 4.79 Å². The van der Waals surface area contributed by atoms with E-state index < -0.39 is 0 Å². The van der Waals surface area contributed by atoms with Gasteiger partial charge in [-0.05, 0) is 6.07 Å². The van der Waals surface area contributed by atoms with Crippen molar-refractivity contribution in [3.05, 3.63) is 24.2 Å². The zero-order valence-electron chi connectivity index (χ0n) is 11.1. The largest absolute Gasteiger partial charge is 0.379 e. The standard InChI is InChI=1S/C13H17N5O2/c19-13(14-1-2-18-3-5-20-6-4-18)10-7-11-12(15-8-10)17-9-16-11/h7-9H,1-6H2,(H,14,19)(H,15,16,17). The third-order valence-corrected chi connectivity index (χ3v) is 3.35. The lowest BCUT2D eigenvalue weighted by Gasteiger charge is -2.26. The fourth-order valence-corrected chi connectivity index (χ4v) is 2.21. The Kier molecular flexibility index (Phi) is 3.89. The third-order valence-electron chi connectivity index (χ3n) is 3.35. The minimum absolute atomic E-state index is 0.109. The molecule has 106 valence electrons. The van der Waals surface area contributed by atoms with Crippen molar-refractivity contribution in [1.29, 1.82) is 0 Å². The van der Waals surface area contributed by atoms with E-state index in [-0.39, 0.29) is 5.91 Å². The van der Waals surface area contributed by atoms with Gasteiger partial charge in [-0.25, -0.2) is 9.97 Å². The van der Waals surface area contributed by atoms with E-state index in [0.29, 0.717) is 17.8 Å². The Morgan fingerprint density at radius 2 is 2.25 bits per heavy atom. The van der Waals surface area contributed by atoms with Crippen molar-refractivity contribution < 1.29 is 9.53 Å². The highest BCUT2D eigenvalue weighted by atomic mass is 16.5. The van der Waals surface area contributed by atoms with E-state index in [1.165, 1.54) is 0 Å². The summed E-state index contributed by atoms with van der Waals surface area (Å²) in [5.74, 6) is -0.109. The van der Waals surface area contributed by atoms with Gasteiger partial charge in [0.05, 0.1) is 30.6 Å². The highest BCUT2D eigenvalue weighted by Gasteiger charge is 2.11. The molecule has 2 N–H and O–H groups in total. The molecule has 0 saturated carbocycles. The van der Waals surface area contributed by atoms with Gasteiger partial charge in [-0.2, -0.15) is 0 Å². The van der Waals surface area contributed by atoms with E-state index >= 15 is 0 Å². The summed E-state index contributed by atoms with van der Waals surface area (Å²) in [4.78, 5) is 25.4. The molecule has 1 amide bonds. The predicted octanol–water partition coefficient (Wildman–Crippen LogP) is 0.0199. The summed E-state index contributed by atoms with van der Waals surface area (Å²) in [5.41, 5.74) is 1.93. The quantitative estimate of drug-likeness (QED) is 0.822. The molecule has 2 aromatic heterocycles. The number of morpholine rings is 1. The second-order valence-corrected chi connectivity index (χ2v) is 4.71. The molecule has 1 saturated heterocycles. The first kappa shape index (κ1) is 13.0. The van der Waals surface area contributed by atoms with Crippen LogP contribution in [0.3, 0.4) is 0 Å². The Labute approximate surface area is 116 Å². The van der Waals surface area contributed by atoms with Crippen molar-refractivity contribution in [3.8, 4) is 0 Å². The summed E-state index contributed by atoms with van der Waals surface area (Å²) in [6.45, 7) is 4.87. The number of nitrogens with zero attached hydrogens (tertiary/aromatic N) is 3. The van der Waals surface area contributed by atoms with Crippen LogP contribution in [-0.4, -0.2) is 65.2 Å². The number of H-pyrrole nitrogens is 1. The van der Waals surface area contributed by atoms with Gasteiger partial charge >= 0.3 is 0 Å². The predicted molar refractivity (Wildman–Crippen MR) is 73.5 cm³/mol. The van der Waals surface area contributed by atoms with Crippen LogP contribution in [0.25, 0.3) is 11.2 Å². The van der Waals surface area contributed by atoms with Crippen LogP contribution in [0.4, 0.5) is 0 Å². The van der Waals surface area contributed by atoms with Crippen LogP contribution in [0.5, 0.6) is 0 Å². The maximum atomic E-state index is 12.0. The summed E-state index contributed by atoms with van der Waals surface area (Å²) < 4.78 is 5.28. The molecule has 7 nitrogen and oxygen atoms in total. The third kappa shape index (κ3) is 2.94. The molecule has 0 radical (unpaired) electrons. The molecular weight excluding hydrogens is 258 g/mol. The van der Waals surface area contributed by atoms with Gasteiger partial charge in [0, 0.05) is 32.4 Å². The molecule has 0 unspecified atom stereocenters. The maximum absolute atomic E-state index is 12.0. The summed E-state index contributed by atoms with van der Waals surface area (Å²) in [5, 5.41) is 2.91. The van der Waals surface area contributed by atoms with E-state index in [1.807, 2.05) is 0 Å². The van der Waals surface area contributed by atoms with Crippen LogP contribution < -0.4 is 5.32 Å². The topological polar surface area (TPSA) is 83.1 Å². The number of ether oxygens (including phenoxy) is 1. The number of imidazole rings is 1. The average Bonchev–Trinajstić information content (AvgIpc) is 2.95. The van der Waals surface area contributed by atoms with Crippen LogP contribution in [-0.2, 0) is 4.74 Å². The zero-order valence-corrected chi connectivity index (χ0v) is 11.1. The number of hydrogen-bond donors (Lipinski definition) is 2. The van der Waals surface area contributed by atoms with Gasteiger partial charge in [0.1, 0.15) is 0 Å². The van der Waals surface area contributed by atoms with Gasteiger partial charge in [-0.1, -0.05) is 0 Å². The van der Waals surface area contributed by atoms with Crippen LogP contribution in [0.2, 0.25) is 0 Å². The summed E-state index contributed by atoms with van der Waals surface area (Å²) in [7, 11) is 0. The Bertz CT molecular complexity index is 591. The number of hydrogen-bond acceptors (Lipinski definition) is 5. The average molecular weight is 275 g/mol. The van der Waals surface area contributed by atoms with Gasteiger partial charge in [0.25, 0.3) is 5.91 Å². The smallest absolute Gasteiger partial charge is 0.252 e.